The van der Waals surface area contributed by atoms with Crippen molar-refractivity contribution in [2.24, 2.45) is 11.3 Å². The van der Waals surface area contributed by atoms with Crippen molar-refractivity contribution in [1.82, 2.24) is 0 Å². The zero-order valence-corrected chi connectivity index (χ0v) is 12.0. The van der Waals surface area contributed by atoms with Gasteiger partial charge < -0.3 is 5.11 Å². The predicted octanol–water partition coefficient (Wildman–Crippen LogP) is 4.70. The Hall–Kier alpha value is -0.340. The van der Waals surface area contributed by atoms with E-state index in [9.17, 15) is 5.11 Å². The first-order valence-electron chi connectivity index (χ1n) is 6.77. The monoisotopic (exact) mass is 252 g/mol. The second-order valence-corrected chi connectivity index (χ2v) is 6.99. The molecule has 0 saturated heterocycles. The third-order valence-electron chi connectivity index (χ3n) is 4.14. The lowest BCUT2D eigenvalue weighted by atomic mass is 9.73. The summed E-state index contributed by atoms with van der Waals surface area (Å²) in [6.45, 7) is 6.66. The molecule has 0 spiro atoms. The maximum atomic E-state index is 10.8. The van der Waals surface area contributed by atoms with E-state index >= 15 is 0 Å². The molecule has 1 heterocycles. The number of hydrogen-bond acceptors (Lipinski definition) is 2. The van der Waals surface area contributed by atoms with E-state index in [4.69, 9.17) is 0 Å². The molecule has 1 aromatic heterocycles. The zero-order chi connectivity index (χ0) is 12.5. The summed E-state index contributed by atoms with van der Waals surface area (Å²) in [6.07, 6.45) is 5.88. The molecule has 96 valence electrons. The molecule has 0 aliphatic heterocycles. The van der Waals surface area contributed by atoms with Gasteiger partial charge in [-0.2, -0.15) is 0 Å². The van der Waals surface area contributed by atoms with Crippen LogP contribution in [0, 0.1) is 18.3 Å². The van der Waals surface area contributed by atoms with Gasteiger partial charge in [0.25, 0.3) is 0 Å². The fraction of sp³-hybridized carbons (Fsp3) is 0.733. The van der Waals surface area contributed by atoms with E-state index in [1.54, 1.807) is 11.3 Å². The Morgan fingerprint density at radius 2 is 2.00 bits per heavy atom. The van der Waals surface area contributed by atoms with Crippen molar-refractivity contribution in [3.63, 3.8) is 0 Å². The molecule has 1 aromatic rings. The van der Waals surface area contributed by atoms with Crippen molar-refractivity contribution in [3.05, 3.63) is 21.9 Å². The van der Waals surface area contributed by atoms with E-state index < -0.39 is 0 Å². The summed E-state index contributed by atoms with van der Waals surface area (Å²) < 4.78 is 0. The second kappa shape index (κ2) is 5.11. The maximum absolute atomic E-state index is 10.8. The highest BCUT2D eigenvalue weighted by Crippen LogP contribution is 2.52. The average Bonchev–Trinajstić information content (AvgIpc) is 2.86. The van der Waals surface area contributed by atoms with Gasteiger partial charge in [-0.25, -0.2) is 0 Å². The molecule has 0 amide bonds. The highest BCUT2D eigenvalue weighted by Gasteiger charge is 2.42. The van der Waals surface area contributed by atoms with Gasteiger partial charge in [0, 0.05) is 10.3 Å². The lowest BCUT2D eigenvalue weighted by Crippen LogP contribution is -2.27. The maximum Gasteiger partial charge on any atom is 0.0940 e. The molecular weight excluding hydrogens is 228 g/mol. The first kappa shape index (κ1) is 13.1. The molecule has 1 unspecified atom stereocenters. The van der Waals surface area contributed by atoms with Crippen LogP contribution in [0.5, 0.6) is 0 Å². The minimum atomic E-state index is -0.243. The molecule has 2 heteroatoms. The van der Waals surface area contributed by atoms with E-state index in [0.29, 0.717) is 5.92 Å². The fourth-order valence-electron chi connectivity index (χ4n) is 3.42. The molecule has 1 aliphatic rings. The Labute approximate surface area is 109 Å². The van der Waals surface area contributed by atoms with Gasteiger partial charge in [-0.3, -0.25) is 0 Å². The van der Waals surface area contributed by atoms with Crippen molar-refractivity contribution in [2.45, 2.75) is 59.0 Å². The molecule has 1 nitrogen and oxygen atoms in total. The molecule has 1 aliphatic carbocycles. The van der Waals surface area contributed by atoms with Gasteiger partial charge in [0.2, 0.25) is 0 Å². The van der Waals surface area contributed by atoms with Crippen molar-refractivity contribution in [3.8, 4) is 0 Å². The molecule has 17 heavy (non-hydrogen) atoms. The molecule has 0 radical (unpaired) electrons. The summed E-state index contributed by atoms with van der Waals surface area (Å²) in [6, 6.07) is 2.13. The minimum Gasteiger partial charge on any atom is -0.387 e. The summed E-state index contributed by atoms with van der Waals surface area (Å²) >= 11 is 1.72. The largest absolute Gasteiger partial charge is 0.387 e. The van der Waals surface area contributed by atoms with E-state index in [-0.39, 0.29) is 11.5 Å². The van der Waals surface area contributed by atoms with Crippen LogP contribution in [0.2, 0.25) is 0 Å². The summed E-state index contributed by atoms with van der Waals surface area (Å²) in [4.78, 5) is 1.20. The van der Waals surface area contributed by atoms with Crippen LogP contribution in [0.15, 0.2) is 11.4 Å². The van der Waals surface area contributed by atoms with E-state index in [0.717, 1.165) is 6.42 Å². The van der Waals surface area contributed by atoms with Gasteiger partial charge in [0.1, 0.15) is 0 Å². The Kier molecular flexibility index (Phi) is 3.94. The number of thiophene rings is 1. The van der Waals surface area contributed by atoms with Crippen LogP contribution in [0.1, 0.15) is 62.5 Å². The highest BCUT2D eigenvalue weighted by atomic mass is 32.1. The van der Waals surface area contributed by atoms with Crippen molar-refractivity contribution in [1.29, 1.82) is 0 Å². The van der Waals surface area contributed by atoms with Crippen LogP contribution in [-0.2, 0) is 0 Å². The zero-order valence-electron chi connectivity index (χ0n) is 11.2. The Morgan fingerprint density at radius 3 is 2.47 bits per heavy atom. The molecular formula is C15H24OS. The summed E-state index contributed by atoms with van der Waals surface area (Å²) in [5.74, 6) is 0.669. The molecule has 1 saturated carbocycles. The van der Waals surface area contributed by atoms with Crippen LogP contribution < -0.4 is 0 Å². The van der Waals surface area contributed by atoms with Crippen molar-refractivity contribution >= 4 is 11.3 Å². The Morgan fingerprint density at radius 1 is 1.35 bits per heavy atom. The lowest BCUT2D eigenvalue weighted by Gasteiger charge is -2.36. The van der Waals surface area contributed by atoms with E-state index in [1.807, 2.05) is 0 Å². The van der Waals surface area contributed by atoms with Gasteiger partial charge >= 0.3 is 0 Å². The second-order valence-electron chi connectivity index (χ2n) is 6.04. The number of aliphatic hydroxyl groups is 1. The topological polar surface area (TPSA) is 20.2 Å². The smallest absolute Gasteiger partial charge is 0.0940 e. The number of hydrogen-bond donors (Lipinski definition) is 1. The standard InChI is InChI=1S/C15H24OS/c1-11(2)10-15(7-4-5-8-15)14(16)13-12(3)6-9-17-13/h6,9,11,14,16H,4-5,7-8,10H2,1-3H3. The Balaban J connectivity index is 2.24. The van der Waals surface area contributed by atoms with Crippen LogP contribution in [0.25, 0.3) is 0 Å². The van der Waals surface area contributed by atoms with Gasteiger partial charge in [0.15, 0.2) is 0 Å². The predicted molar refractivity (Wildman–Crippen MR) is 74.4 cm³/mol. The molecule has 1 fully saturated rings. The number of aryl methyl sites for hydroxylation is 1. The van der Waals surface area contributed by atoms with Crippen LogP contribution in [-0.4, -0.2) is 5.11 Å². The average molecular weight is 252 g/mol. The third-order valence-corrected chi connectivity index (χ3v) is 5.22. The van der Waals surface area contributed by atoms with Crippen LogP contribution >= 0.6 is 11.3 Å². The lowest BCUT2D eigenvalue weighted by molar-refractivity contribution is 0.0134. The quantitative estimate of drug-likeness (QED) is 0.823. The van der Waals surface area contributed by atoms with E-state index in [1.165, 1.54) is 36.1 Å². The first-order chi connectivity index (χ1) is 8.05. The molecule has 1 atom stereocenters. The van der Waals surface area contributed by atoms with E-state index in [2.05, 4.69) is 32.2 Å². The number of rotatable bonds is 4. The van der Waals surface area contributed by atoms with Crippen molar-refractivity contribution in [2.75, 3.05) is 0 Å². The highest BCUT2D eigenvalue weighted by molar-refractivity contribution is 7.10. The normalized spacial score (nSPS) is 21.0. The SMILES string of the molecule is Cc1ccsc1C(O)C1(CC(C)C)CCCC1. The molecule has 1 N–H and O–H groups in total. The summed E-state index contributed by atoms with van der Waals surface area (Å²) in [5, 5.41) is 12.9. The first-order valence-corrected chi connectivity index (χ1v) is 7.65. The molecule has 0 aromatic carbocycles. The minimum absolute atomic E-state index is 0.157. The van der Waals surface area contributed by atoms with Crippen LogP contribution in [0.3, 0.4) is 0 Å². The van der Waals surface area contributed by atoms with Crippen LogP contribution in [0.4, 0.5) is 0 Å². The summed E-state index contributed by atoms with van der Waals surface area (Å²) in [5.41, 5.74) is 1.42. The molecule has 2 rings (SSSR count). The fourth-order valence-corrected chi connectivity index (χ4v) is 4.48. The van der Waals surface area contributed by atoms with Gasteiger partial charge in [0.05, 0.1) is 6.10 Å². The molecule has 0 bridgehead atoms. The Bertz CT molecular complexity index is 361. The summed E-state index contributed by atoms with van der Waals surface area (Å²) in [7, 11) is 0. The van der Waals surface area contributed by atoms with Crippen molar-refractivity contribution < 1.29 is 5.11 Å². The van der Waals surface area contributed by atoms with Gasteiger partial charge in [-0.05, 0) is 49.1 Å². The number of aliphatic hydroxyl groups excluding tert-OH is 1. The van der Waals surface area contributed by atoms with Gasteiger partial charge in [-0.1, -0.05) is 26.7 Å². The van der Waals surface area contributed by atoms with Gasteiger partial charge in [-0.15, -0.1) is 11.3 Å². The third kappa shape index (κ3) is 2.58.